The van der Waals surface area contributed by atoms with Crippen LogP contribution in [-0.2, 0) is 32.6 Å². The van der Waals surface area contributed by atoms with Crippen LogP contribution in [0.1, 0.15) is 75.5 Å². The molecule has 0 spiro atoms. The SMILES string of the molecule is CCc1ccc(N(CCCC(=O)N(Cc2cccc(C)c2)[C@@H](CC)C(=O)NC2CCCC2)S(C)(=O)=O)cc1. The van der Waals surface area contributed by atoms with Gasteiger partial charge in [-0.2, -0.15) is 0 Å². The molecule has 1 atom stereocenters. The summed E-state index contributed by atoms with van der Waals surface area (Å²) in [6.07, 6.45) is 7.27. The van der Waals surface area contributed by atoms with Gasteiger partial charge in [-0.25, -0.2) is 8.42 Å². The van der Waals surface area contributed by atoms with Gasteiger partial charge in [0.15, 0.2) is 0 Å². The van der Waals surface area contributed by atoms with Gasteiger partial charge in [0.25, 0.3) is 0 Å². The van der Waals surface area contributed by atoms with Crippen molar-refractivity contribution in [3.8, 4) is 0 Å². The van der Waals surface area contributed by atoms with Gasteiger partial charge in [-0.1, -0.05) is 68.7 Å². The number of hydrogen-bond donors (Lipinski definition) is 1. The molecule has 0 radical (unpaired) electrons. The molecule has 1 fully saturated rings. The first-order valence-electron chi connectivity index (χ1n) is 13.8. The maximum Gasteiger partial charge on any atom is 0.243 e. The number of hydrogen-bond acceptors (Lipinski definition) is 4. The number of carbonyl (C=O) groups excluding carboxylic acids is 2. The van der Waals surface area contributed by atoms with E-state index in [1.165, 1.54) is 10.6 Å². The van der Waals surface area contributed by atoms with E-state index in [0.717, 1.165) is 48.8 Å². The topological polar surface area (TPSA) is 86.8 Å². The van der Waals surface area contributed by atoms with Crippen molar-refractivity contribution in [1.29, 1.82) is 0 Å². The number of carbonyl (C=O) groups is 2. The lowest BCUT2D eigenvalue weighted by atomic mass is 10.1. The van der Waals surface area contributed by atoms with E-state index in [9.17, 15) is 18.0 Å². The van der Waals surface area contributed by atoms with Crippen LogP contribution in [0, 0.1) is 6.92 Å². The fraction of sp³-hybridized carbons (Fsp3) is 0.533. The Morgan fingerprint density at radius 1 is 1.03 bits per heavy atom. The molecule has 38 heavy (non-hydrogen) atoms. The highest BCUT2D eigenvalue weighted by atomic mass is 32.2. The van der Waals surface area contributed by atoms with Crippen LogP contribution in [-0.4, -0.2) is 50.0 Å². The minimum Gasteiger partial charge on any atom is -0.352 e. The molecule has 8 heteroatoms. The molecule has 7 nitrogen and oxygen atoms in total. The van der Waals surface area contributed by atoms with E-state index in [4.69, 9.17) is 0 Å². The highest BCUT2D eigenvalue weighted by Crippen LogP contribution is 2.22. The molecule has 1 aliphatic rings. The van der Waals surface area contributed by atoms with Crippen LogP contribution in [0.2, 0.25) is 0 Å². The second-order valence-corrected chi connectivity index (χ2v) is 12.3. The predicted molar refractivity (Wildman–Crippen MR) is 153 cm³/mol. The monoisotopic (exact) mass is 541 g/mol. The van der Waals surface area contributed by atoms with Crippen molar-refractivity contribution < 1.29 is 18.0 Å². The summed E-state index contributed by atoms with van der Waals surface area (Å²) in [6.45, 7) is 6.52. The largest absolute Gasteiger partial charge is 0.352 e. The third-order valence-electron chi connectivity index (χ3n) is 7.31. The first kappa shape index (κ1) is 29.7. The second kappa shape index (κ2) is 13.8. The Labute approximate surface area is 228 Å². The molecule has 208 valence electrons. The third kappa shape index (κ3) is 8.32. The normalized spacial score (nSPS) is 14.7. The Balaban J connectivity index is 1.75. The predicted octanol–water partition coefficient (Wildman–Crippen LogP) is 4.97. The number of benzene rings is 2. The van der Waals surface area contributed by atoms with Gasteiger partial charge in [-0.3, -0.25) is 13.9 Å². The molecule has 0 saturated heterocycles. The Hall–Kier alpha value is -2.87. The Bertz CT molecular complexity index is 1170. The zero-order valence-corrected chi connectivity index (χ0v) is 24.1. The van der Waals surface area contributed by atoms with Crippen LogP contribution >= 0.6 is 0 Å². The van der Waals surface area contributed by atoms with E-state index in [1.54, 1.807) is 4.90 Å². The van der Waals surface area contributed by atoms with E-state index in [2.05, 4.69) is 12.2 Å². The second-order valence-electron chi connectivity index (χ2n) is 10.4. The molecule has 0 unspecified atom stereocenters. The van der Waals surface area contributed by atoms with Crippen LogP contribution in [0.3, 0.4) is 0 Å². The van der Waals surface area contributed by atoms with Gasteiger partial charge < -0.3 is 10.2 Å². The van der Waals surface area contributed by atoms with E-state index in [0.29, 0.717) is 25.1 Å². The summed E-state index contributed by atoms with van der Waals surface area (Å²) in [6, 6.07) is 15.1. The van der Waals surface area contributed by atoms with Gasteiger partial charge >= 0.3 is 0 Å². The van der Waals surface area contributed by atoms with Crippen LogP contribution in [0.25, 0.3) is 0 Å². The molecule has 0 aromatic heterocycles. The van der Waals surface area contributed by atoms with Crippen LogP contribution in [0.15, 0.2) is 48.5 Å². The number of anilines is 1. The number of nitrogens with one attached hydrogen (secondary N) is 1. The van der Waals surface area contributed by atoms with Crippen molar-refractivity contribution in [3.63, 3.8) is 0 Å². The fourth-order valence-electron chi connectivity index (χ4n) is 5.20. The third-order valence-corrected chi connectivity index (χ3v) is 8.50. The van der Waals surface area contributed by atoms with E-state index in [1.807, 2.05) is 62.4 Å². The van der Waals surface area contributed by atoms with Crippen molar-refractivity contribution in [1.82, 2.24) is 10.2 Å². The molecule has 1 aliphatic carbocycles. The van der Waals surface area contributed by atoms with Crippen LogP contribution < -0.4 is 9.62 Å². The molecule has 0 aliphatic heterocycles. The highest BCUT2D eigenvalue weighted by Gasteiger charge is 2.30. The number of aryl methyl sites for hydroxylation is 2. The first-order valence-corrected chi connectivity index (χ1v) is 15.7. The maximum absolute atomic E-state index is 13.6. The van der Waals surface area contributed by atoms with Gasteiger partial charge in [-0.15, -0.1) is 0 Å². The van der Waals surface area contributed by atoms with E-state index < -0.39 is 16.1 Å². The molecular formula is C30H43N3O4S. The molecule has 0 heterocycles. The number of amides is 2. The molecule has 2 aromatic rings. The minimum absolute atomic E-state index is 0.103. The first-order chi connectivity index (χ1) is 18.1. The fourth-order valence-corrected chi connectivity index (χ4v) is 6.16. The van der Waals surface area contributed by atoms with Crippen molar-refractivity contribution in [2.45, 2.75) is 90.8 Å². The lowest BCUT2D eigenvalue weighted by Gasteiger charge is -2.32. The van der Waals surface area contributed by atoms with Gasteiger partial charge in [0, 0.05) is 25.6 Å². The highest BCUT2D eigenvalue weighted by molar-refractivity contribution is 7.92. The average Bonchev–Trinajstić information content (AvgIpc) is 3.39. The number of sulfonamides is 1. The summed E-state index contributed by atoms with van der Waals surface area (Å²) in [4.78, 5) is 28.6. The van der Waals surface area contributed by atoms with Crippen molar-refractivity contribution in [2.24, 2.45) is 0 Å². The molecule has 1 N–H and O–H groups in total. The van der Waals surface area contributed by atoms with Crippen molar-refractivity contribution in [2.75, 3.05) is 17.1 Å². The summed E-state index contributed by atoms with van der Waals surface area (Å²) in [5.74, 6) is -0.246. The van der Waals surface area contributed by atoms with Gasteiger partial charge in [0.1, 0.15) is 6.04 Å². The van der Waals surface area contributed by atoms with Gasteiger partial charge in [0.05, 0.1) is 11.9 Å². The summed E-state index contributed by atoms with van der Waals surface area (Å²) < 4.78 is 26.5. The summed E-state index contributed by atoms with van der Waals surface area (Å²) >= 11 is 0. The maximum atomic E-state index is 13.6. The molecule has 2 aromatic carbocycles. The summed E-state index contributed by atoms with van der Waals surface area (Å²) in [7, 11) is -3.51. The van der Waals surface area contributed by atoms with E-state index >= 15 is 0 Å². The molecule has 3 rings (SSSR count). The number of rotatable bonds is 13. The quantitative estimate of drug-likeness (QED) is 0.388. The lowest BCUT2D eigenvalue weighted by molar-refractivity contribution is -0.141. The summed E-state index contributed by atoms with van der Waals surface area (Å²) in [5.41, 5.74) is 3.79. The zero-order chi connectivity index (χ0) is 27.7. The molecule has 2 amide bonds. The molecule has 1 saturated carbocycles. The summed E-state index contributed by atoms with van der Waals surface area (Å²) in [5, 5.41) is 3.17. The van der Waals surface area contributed by atoms with Crippen LogP contribution in [0.5, 0.6) is 0 Å². The van der Waals surface area contributed by atoms with Crippen molar-refractivity contribution >= 4 is 27.5 Å². The average molecular weight is 542 g/mol. The molecule has 0 bridgehead atoms. The van der Waals surface area contributed by atoms with Gasteiger partial charge in [0.2, 0.25) is 21.8 Å². The minimum atomic E-state index is -3.51. The van der Waals surface area contributed by atoms with E-state index in [-0.39, 0.29) is 30.8 Å². The Morgan fingerprint density at radius 2 is 1.71 bits per heavy atom. The lowest BCUT2D eigenvalue weighted by Crippen LogP contribution is -2.51. The van der Waals surface area contributed by atoms with Crippen molar-refractivity contribution in [3.05, 3.63) is 65.2 Å². The zero-order valence-electron chi connectivity index (χ0n) is 23.3. The molecular weight excluding hydrogens is 498 g/mol. The van der Waals surface area contributed by atoms with Gasteiger partial charge in [-0.05, 0) is 62.3 Å². The Kier molecular flexibility index (Phi) is 10.8. The Morgan fingerprint density at radius 3 is 2.29 bits per heavy atom. The smallest absolute Gasteiger partial charge is 0.243 e. The number of nitrogens with zero attached hydrogens (tertiary/aromatic N) is 2. The standard InChI is InChI=1S/C30H43N3O4S/c1-5-24-16-18-27(19-17-24)33(38(4,36)37)20-10-15-29(34)32(22-25-12-9-11-23(3)21-25)28(6-2)30(35)31-26-13-7-8-14-26/h9,11-12,16-19,21,26,28H,5-8,10,13-15,20,22H2,1-4H3,(H,31,35)/t28-/m0/s1. The van der Waals surface area contributed by atoms with Crippen LogP contribution in [0.4, 0.5) is 5.69 Å².